The molecule has 2 amide bonds. The van der Waals surface area contributed by atoms with Crippen LogP contribution in [0.2, 0.25) is 0 Å². The number of aryl methyl sites for hydroxylation is 2. The Morgan fingerprint density at radius 1 is 1.35 bits per heavy atom. The third-order valence-electron chi connectivity index (χ3n) is 3.16. The van der Waals surface area contributed by atoms with Gasteiger partial charge in [-0.2, -0.15) is 0 Å². The van der Waals surface area contributed by atoms with Gasteiger partial charge in [0.25, 0.3) is 0 Å². The monoisotopic (exact) mass is 278 g/mol. The molecule has 2 N–H and O–H groups in total. The van der Waals surface area contributed by atoms with E-state index in [0.29, 0.717) is 0 Å². The van der Waals surface area contributed by atoms with Crippen LogP contribution in [0.5, 0.6) is 0 Å². The fourth-order valence-corrected chi connectivity index (χ4v) is 2.02. The third kappa shape index (κ3) is 3.98. The Kier molecular flexibility index (Phi) is 5.55. The Balaban J connectivity index is 2.96. The fraction of sp³-hybridized carbons (Fsp3) is 0.467. The number of carboxylic acids is 1. The summed E-state index contributed by atoms with van der Waals surface area (Å²) >= 11 is 0. The Hall–Kier alpha value is -2.04. The summed E-state index contributed by atoms with van der Waals surface area (Å²) in [5.74, 6) is -1.02. The topological polar surface area (TPSA) is 69.6 Å². The maximum atomic E-state index is 12.3. The lowest BCUT2D eigenvalue weighted by molar-refractivity contribution is -0.137. The minimum absolute atomic E-state index is 0.180. The van der Waals surface area contributed by atoms with Crippen LogP contribution in [-0.2, 0) is 11.2 Å². The zero-order valence-corrected chi connectivity index (χ0v) is 12.4. The average Bonchev–Trinajstić information content (AvgIpc) is 2.37. The molecular formula is C15H22N2O3. The Morgan fingerprint density at radius 3 is 2.50 bits per heavy atom. The van der Waals surface area contributed by atoms with Crippen LogP contribution in [-0.4, -0.2) is 34.6 Å². The molecule has 0 bridgehead atoms. The minimum Gasteiger partial charge on any atom is -0.480 e. The van der Waals surface area contributed by atoms with Crippen LogP contribution in [0, 0.1) is 6.92 Å². The number of hydrogen-bond acceptors (Lipinski definition) is 2. The number of rotatable bonds is 5. The number of amides is 2. The first-order valence-electron chi connectivity index (χ1n) is 6.74. The maximum Gasteiger partial charge on any atom is 0.323 e. The van der Waals surface area contributed by atoms with Crippen molar-refractivity contribution in [3.63, 3.8) is 0 Å². The number of aliphatic carboxylic acids is 1. The molecule has 0 atom stereocenters. The van der Waals surface area contributed by atoms with Gasteiger partial charge in [-0.3, -0.25) is 4.79 Å². The molecule has 0 aromatic heterocycles. The lowest BCUT2D eigenvalue weighted by Crippen LogP contribution is -2.43. The zero-order chi connectivity index (χ0) is 15.3. The van der Waals surface area contributed by atoms with Crippen LogP contribution in [0.4, 0.5) is 10.5 Å². The van der Waals surface area contributed by atoms with Gasteiger partial charge in [0.05, 0.1) is 0 Å². The van der Waals surface area contributed by atoms with Crippen molar-refractivity contribution in [2.24, 2.45) is 0 Å². The number of nitrogens with zero attached hydrogens (tertiary/aromatic N) is 1. The first-order chi connectivity index (χ1) is 9.36. The van der Waals surface area contributed by atoms with Crippen LogP contribution in [0.1, 0.15) is 31.9 Å². The molecule has 0 saturated carbocycles. The lowest BCUT2D eigenvalue weighted by Gasteiger charge is -2.26. The van der Waals surface area contributed by atoms with Crippen molar-refractivity contribution in [2.75, 3.05) is 11.9 Å². The fourth-order valence-electron chi connectivity index (χ4n) is 2.02. The highest BCUT2D eigenvalue weighted by atomic mass is 16.4. The van der Waals surface area contributed by atoms with E-state index < -0.39 is 5.97 Å². The number of benzene rings is 1. The van der Waals surface area contributed by atoms with E-state index in [-0.39, 0.29) is 18.6 Å². The second-order valence-electron chi connectivity index (χ2n) is 5.01. The Bertz CT molecular complexity index is 498. The van der Waals surface area contributed by atoms with E-state index in [4.69, 9.17) is 5.11 Å². The summed E-state index contributed by atoms with van der Waals surface area (Å²) in [6, 6.07) is 5.26. The molecule has 0 radical (unpaired) electrons. The van der Waals surface area contributed by atoms with Crippen molar-refractivity contribution in [1.82, 2.24) is 4.90 Å². The highest BCUT2D eigenvalue weighted by Gasteiger charge is 2.21. The zero-order valence-electron chi connectivity index (χ0n) is 12.4. The third-order valence-corrected chi connectivity index (χ3v) is 3.16. The summed E-state index contributed by atoms with van der Waals surface area (Å²) < 4.78 is 0. The average molecular weight is 278 g/mol. The van der Waals surface area contributed by atoms with Gasteiger partial charge in [-0.15, -0.1) is 0 Å². The van der Waals surface area contributed by atoms with E-state index in [0.717, 1.165) is 23.2 Å². The number of urea groups is 1. The molecule has 0 aliphatic heterocycles. The van der Waals surface area contributed by atoms with Crippen molar-refractivity contribution in [3.05, 3.63) is 29.3 Å². The highest BCUT2D eigenvalue weighted by Crippen LogP contribution is 2.21. The molecule has 110 valence electrons. The smallest absolute Gasteiger partial charge is 0.323 e. The van der Waals surface area contributed by atoms with Crippen LogP contribution in [0.25, 0.3) is 0 Å². The molecule has 1 rings (SSSR count). The van der Waals surface area contributed by atoms with Crippen molar-refractivity contribution < 1.29 is 14.7 Å². The van der Waals surface area contributed by atoms with E-state index >= 15 is 0 Å². The van der Waals surface area contributed by atoms with Crippen molar-refractivity contribution in [1.29, 1.82) is 0 Å². The van der Waals surface area contributed by atoms with Crippen LogP contribution in [0.15, 0.2) is 18.2 Å². The molecule has 5 heteroatoms. The molecule has 1 aromatic rings. The normalized spacial score (nSPS) is 10.4. The maximum absolute atomic E-state index is 12.3. The number of hydrogen-bond donors (Lipinski definition) is 2. The molecule has 1 aromatic carbocycles. The largest absolute Gasteiger partial charge is 0.480 e. The first-order valence-corrected chi connectivity index (χ1v) is 6.74. The number of carbonyl (C=O) groups excluding carboxylic acids is 1. The summed E-state index contributed by atoms with van der Waals surface area (Å²) in [7, 11) is 0. The van der Waals surface area contributed by atoms with E-state index in [9.17, 15) is 9.59 Å². The van der Waals surface area contributed by atoms with E-state index in [1.54, 1.807) is 13.8 Å². The predicted octanol–water partition coefficient (Wildman–Crippen LogP) is 2.88. The van der Waals surface area contributed by atoms with Crippen molar-refractivity contribution >= 4 is 17.7 Å². The number of nitrogens with one attached hydrogen (secondary N) is 1. The van der Waals surface area contributed by atoms with Crippen LogP contribution >= 0.6 is 0 Å². The van der Waals surface area contributed by atoms with E-state index in [2.05, 4.69) is 5.32 Å². The predicted molar refractivity (Wildman–Crippen MR) is 79.1 cm³/mol. The molecule has 0 fully saturated rings. The highest BCUT2D eigenvalue weighted by molar-refractivity contribution is 5.93. The summed E-state index contributed by atoms with van der Waals surface area (Å²) in [5.41, 5.74) is 2.78. The summed E-state index contributed by atoms with van der Waals surface area (Å²) in [4.78, 5) is 24.4. The van der Waals surface area contributed by atoms with E-state index in [1.807, 2.05) is 32.0 Å². The van der Waals surface area contributed by atoms with Gasteiger partial charge < -0.3 is 15.3 Å². The molecular weight excluding hydrogens is 256 g/mol. The number of carboxylic acid groups (broad SMARTS) is 1. The van der Waals surface area contributed by atoms with Gasteiger partial charge in [-0.05, 0) is 38.3 Å². The lowest BCUT2D eigenvalue weighted by atomic mass is 10.1. The van der Waals surface area contributed by atoms with Gasteiger partial charge in [0.2, 0.25) is 0 Å². The summed E-state index contributed by atoms with van der Waals surface area (Å²) in [6.45, 7) is 7.21. The molecule has 5 nitrogen and oxygen atoms in total. The molecule has 0 spiro atoms. The van der Waals surface area contributed by atoms with Gasteiger partial charge in [-0.1, -0.05) is 25.1 Å². The molecule has 0 heterocycles. The van der Waals surface area contributed by atoms with Gasteiger partial charge in [0, 0.05) is 11.7 Å². The molecule has 0 unspecified atom stereocenters. The Labute approximate surface area is 119 Å². The molecule has 0 aliphatic rings. The number of anilines is 1. The first kappa shape index (κ1) is 16.0. The number of para-hydroxylation sites is 1. The van der Waals surface area contributed by atoms with Gasteiger partial charge >= 0.3 is 12.0 Å². The van der Waals surface area contributed by atoms with Gasteiger partial charge in [0.1, 0.15) is 6.54 Å². The van der Waals surface area contributed by atoms with Crippen molar-refractivity contribution in [2.45, 2.75) is 40.2 Å². The second kappa shape index (κ2) is 6.93. The second-order valence-corrected chi connectivity index (χ2v) is 5.01. The minimum atomic E-state index is -1.02. The van der Waals surface area contributed by atoms with Gasteiger partial charge in [0.15, 0.2) is 0 Å². The molecule has 0 saturated heterocycles. The SMILES string of the molecule is CCc1cccc(C)c1NC(=O)N(CC(=O)O)C(C)C. The standard InChI is InChI=1S/C15H22N2O3/c1-5-12-8-6-7-11(4)14(12)16-15(20)17(10(2)3)9-13(18)19/h6-8,10H,5,9H2,1-4H3,(H,16,20)(H,18,19). The quantitative estimate of drug-likeness (QED) is 0.870. The van der Waals surface area contributed by atoms with E-state index in [1.165, 1.54) is 4.90 Å². The van der Waals surface area contributed by atoms with Crippen LogP contribution < -0.4 is 5.32 Å². The molecule has 20 heavy (non-hydrogen) atoms. The van der Waals surface area contributed by atoms with Crippen LogP contribution in [0.3, 0.4) is 0 Å². The number of carbonyl (C=O) groups is 2. The summed E-state index contributed by atoms with van der Waals surface area (Å²) in [6.07, 6.45) is 0.803. The van der Waals surface area contributed by atoms with Gasteiger partial charge in [-0.25, -0.2) is 4.79 Å². The Morgan fingerprint density at radius 2 is 2.00 bits per heavy atom. The molecule has 0 aliphatic carbocycles. The summed E-state index contributed by atoms with van der Waals surface area (Å²) in [5, 5.41) is 11.7. The van der Waals surface area contributed by atoms with Crippen molar-refractivity contribution in [3.8, 4) is 0 Å².